The summed E-state index contributed by atoms with van der Waals surface area (Å²) in [6.07, 6.45) is 3.27. The highest BCUT2D eigenvalue weighted by molar-refractivity contribution is 5.92. The molecule has 5 nitrogen and oxygen atoms in total. The molecule has 1 fully saturated rings. The summed E-state index contributed by atoms with van der Waals surface area (Å²) in [4.78, 5) is 11.9. The topological polar surface area (TPSA) is 66.9 Å². The van der Waals surface area contributed by atoms with Gasteiger partial charge in [0.1, 0.15) is 5.82 Å². The third kappa shape index (κ3) is 2.72. The molecule has 17 heavy (non-hydrogen) atoms. The van der Waals surface area contributed by atoms with Gasteiger partial charge in [0.05, 0.1) is 0 Å². The SMILES string of the molecule is CCNc1ccc(C(=O)NC2(C)CCC2)nn1. The van der Waals surface area contributed by atoms with Crippen LogP contribution in [-0.2, 0) is 0 Å². The lowest BCUT2D eigenvalue weighted by Gasteiger charge is -2.38. The van der Waals surface area contributed by atoms with E-state index in [9.17, 15) is 4.79 Å². The standard InChI is InChI=1S/C12H18N4O/c1-3-13-10-6-5-9(15-16-10)11(17)14-12(2)7-4-8-12/h5-6H,3-4,7-8H2,1-2H3,(H,13,16)(H,14,17). The molecule has 0 saturated heterocycles. The van der Waals surface area contributed by atoms with Crippen LogP contribution in [0.3, 0.4) is 0 Å². The fourth-order valence-corrected chi connectivity index (χ4v) is 1.90. The first-order valence-corrected chi connectivity index (χ1v) is 6.03. The fourth-order valence-electron chi connectivity index (χ4n) is 1.90. The van der Waals surface area contributed by atoms with E-state index in [0.717, 1.165) is 19.4 Å². The average Bonchev–Trinajstić information content (AvgIpc) is 2.28. The summed E-state index contributed by atoms with van der Waals surface area (Å²) >= 11 is 0. The Morgan fingerprint density at radius 2 is 2.18 bits per heavy atom. The van der Waals surface area contributed by atoms with Crippen LogP contribution in [0.25, 0.3) is 0 Å². The van der Waals surface area contributed by atoms with Gasteiger partial charge in [0.2, 0.25) is 0 Å². The summed E-state index contributed by atoms with van der Waals surface area (Å²) in [5.41, 5.74) is 0.332. The predicted molar refractivity (Wildman–Crippen MR) is 65.9 cm³/mol. The van der Waals surface area contributed by atoms with Gasteiger partial charge in [0.15, 0.2) is 5.69 Å². The summed E-state index contributed by atoms with van der Waals surface area (Å²) < 4.78 is 0. The summed E-state index contributed by atoms with van der Waals surface area (Å²) in [6, 6.07) is 3.47. The van der Waals surface area contributed by atoms with Gasteiger partial charge in [-0.2, -0.15) is 0 Å². The van der Waals surface area contributed by atoms with Crippen molar-refractivity contribution in [3.05, 3.63) is 17.8 Å². The molecule has 1 amide bonds. The van der Waals surface area contributed by atoms with Crippen molar-refractivity contribution in [2.24, 2.45) is 0 Å². The van der Waals surface area contributed by atoms with E-state index >= 15 is 0 Å². The maximum Gasteiger partial charge on any atom is 0.272 e. The van der Waals surface area contributed by atoms with Gasteiger partial charge < -0.3 is 10.6 Å². The molecule has 0 atom stereocenters. The zero-order valence-corrected chi connectivity index (χ0v) is 10.3. The number of hydrogen-bond donors (Lipinski definition) is 2. The molecular formula is C12H18N4O. The Kier molecular flexibility index (Phi) is 3.26. The van der Waals surface area contributed by atoms with Crippen LogP contribution in [0, 0.1) is 0 Å². The number of nitrogens with zero attached hydrogens (tertiary/aromatic N) is 2. The number of carbonyl (C=O) groups is 1. The van der Waals surface area contributed by atoms with Gasteiger partial charge in [-0.1, -0.05) is 0 Å². The number of aromatic nitrogens is 2. The molecular weight excluding hydrogens is 216 g/mol. The highest BCUT2D eigenvalue weighted by atomic mass is 16.2. The van der Waals surface area contributed by atoms with Crippen LogP contribution in [0.4, 0.5) is 5.82 Å². The molecule has 1 aliphatic rings. The lowest BCUT2D eigenvalue weighted by molar-refractivity contribution is 0.0844. The maximum atomic E-state index is 11.9. The van der Waals surface area contributed by atoms with Crippen molar-refractivity contribution in [2.75, 3.05) is 11.9 Å². The molecule has 0 radical (unpaired) electrons. The van der Waals surface area contributed by atoms with Crippen LogP contribution in [0.5, 0.6) is 0 Å². The molecule has 1 aliphatic carbocycles. The van der Waals surface area contributed by atoms with E-state index in [4.69, 9.17) is 0 Å². The second kappa shape index (κ2) is 4.69. The van der Waals surface area contributed by atoms with Crippen molar-refractivity contribution in [2.45, 2.75) is 38.6 Å². The second-order valence-corrected chi connectivity index (χ2v) is 4.70. The first-order chi connectivity index (χ1) is 8.13. The van der Waals surface area contributed by atoms with Crippen LogP contribution in [0.2, 0.25) is 0 Å². The lowest BCUT2D eigenvalue weighted by atomic mass is 9.78. The summed E-state index contributed by atoms with van der Waals surface area (Å²) in [7, 11) is 0. The number of nitrogens with one attached hydrogen (secondary N) is 2. The smallest absolute Gasteiger partial charge is 0.272 e. The van der Waals surface area contributed by atoms with E-state index in [1.54, 1.807) is 12.1 Å². The Morgan fingerprint density at radius 3 is 2.65 bits per heavy atom. The summed E-state index contributed by atoms with van der Waals surface area (Å²) in [5.74, 6) is 0.557. The van der Waals surface area contributed by atoms with E-state index in [1.807, 2.05) is 6.92 Å². The van der Waals surface area contributed by atoms with Crippen molar-refractivity contribution in [1.29, 1.82) is 0 Å². The van der Waals surface area contributed by atoms with Gasteiger partial charge in [0, 0.05) is 12.1 Å². The molecule has 92 valence electrons. The number of anilines is 1. The minimum absolute atomic E-state index is 0.0426. The summed E-state index contributed by atoms with van der Waals surface area (Å²) in [6.45, 7) is 4.84. The van der Waals surface area contributed by atoms with Gasteiger partial charge in [-0.25, -0.2) is 0 Å². The molecule has 1 aromatic heterocycles. The molecule has 1 aromatic rings. The molecule has 2 N–H and O–H groups in total. The number of rotatable bonds is 4. The highest BCUT2D eigenvalue weighted by Crippen LogP contribution is 2.31. The van der Waals surface area contributed by atoms with Crippen molar-refractivity contribution in [3.8, 4) is 0 Å². The molecule has 0 aliphatic heterocycles. The first kappa shape index (κ1) is 11.8. The van der Waals surface area contributed by atoms with Gasteiger partial charge in [0.25, 0.3) is 5.91 Å². The molecule has 0 spiro atoms. The maximum absolute atomic E-state index is 11.9. The molecule has 1 saturated carbocycles. The zero-order valence-electron chi connectivity index (χ0n) is 10.3. The number of carbonyl (C=O) groups excluding carboxylic acids is 1. The lowest BCUT2D eigenvalue weighted by Crippen LogP contribution is -2.51. The first-order valence-electron chi connectivity index (χ1n) is 6.03. The van der Waals surface area contributed by atoms with Crippen LogP contribution in [-0.4, -0.2) is 28.2 Å². The van der Waals surface area contributed by atoms with Crippen LogP contribution in [0.15, 0.2) is 12.1 Å². The quantitative estimate of drug-likeness (QED) is 0.830. The third-order valence-electron chi connectivity index (χ3n) is 3.13. The van der Waals surface area contributed by atoms with Crippen molar-refractivity contribution in [1.82, 2.24) is 15.5 Å². The third-order valence-corrected chi connectivity index (χ3v) is 3.13. The largest absolute Gasteiger partial charge is 0.369 e. The highest BCUT2D eigenvalue weighted by Gasteiger charge is 2.33. The average molecular weight is 234 g/mol. The Morgan fingerprint density at radius 1 is 1.41 bits per heavy atom. The molecule has 0 aromatic carbocycles. The monoisotopic (exact) mass is 234 g/mol. The Balaban J connectivity index is 1.99. The van der Waals surface area contributed by atoms with Gasteiger partial charge in [-0.15, -0.1) is 10.2 Å². The van der Waals surface area contributed by atoms with Gasteiger partial charge in [-0.3, -0.25) is 4.79 Å². The Labute approximate surface area is 101 Å². The summed E-state index contributed by atoms with van der Waals surface area (Å²) in [5, 5.41) is 13.9. The van der Waals surface area contributed by atoms with Gasteiger partial charge >= 0.3 is 0 Å². The molecule has 0 bridgehead atoms. The van der Waals surface area contributed by atoms with E-state index in [2.05, 4.69) is 27.8 Å². The van der Waals surface area contributed by atoms with E-state index in [1.165, 1.54) is 6.42 Å². The van der Waals surface area contributed by atoms with Crippen molar-refractivity contribution >= 4 is 11.7 Å². The Bertz CT molecular complexity index is 397. The molecule has 2 rings (SSSR count). The predicted octanol–water partition coefficient (Wildman–Crippen LogP) is 1.58. The van der Waals surface area contributed by atoms with Gasteiger partial charge in [-0.05, 0) is 45.2 Å². The van der Waals surface area contributed by atoms with E-state index < -0.39 is 0 Å². The normalized spacial score (nSPS) is 17.1. The van der Waals surface area contributed by atoms with Crippen molar-refractivity contribution in [3.63, 3.8) is 0 Å². The minimum Gasteiger partial charge on any atom is -0.369 e. The zero-order chi connectivity index (χ0) is 12.3. The van der Waals surface area contributed by atoms with Crippen LogP contribution >= 0.6 is 0 Å². The number of amides is 1. The van der Waals surface area contributed by atoms with Crippen molar-refractivity contribution < 1.29 is 4.79 Å². The molecule has 0 unspecified atom stereocenters. The molecule has 5 heteroatoms. The van der Waals surface area contributed by atoms with Crippen LogP contribution in [0.1, 0.15) is 43.6 Å². The van der Waals surface area contributed by atoms with E-state index in [0.29, 0.717) is 11.5 Å². The minimum atomic E-state index is -0.136. The molecule has 1 heterocycles. The van der Waals surface area contributed by atoms with Crippen LogP contribution < -0.4 is 10.6 Å². The second-order valence-electron chi connectivity index (χ2n) is 4.70. The number of hydrogen-bond acceptors (Lipinski definition) is 4. The fraction of sp³-hybridized carbons (Fsp3) is 0.583. The Hall–Kier alpha value is -1.65. The van der Waals surface area contributed by atoms with E-state index in [-0.39, 0.29) is 11.4 Å².